The van der Waals surface area contributed by atoms with E-state index in [-0.39, 0.29) is 12.0 Å². The highest BCUT2D eigenvalue weighted by molar-refractivity contribution is 6.30. The number of piperidine rings is 1. The third kappa shape index (κ3) is 5.30. The molecular weight excluding hydrogens is 428 g/mol. The Morgan fingerprint density at radius 2 is 1.61 bits per heavy atom. The highest BCUT2D eigenvalue weighted by Gasteiger charge is 2.35. The van der Waals surface area contributed by atoms with Gasteiger partial charge < -0.3 is 9.80 Å². The molecule has 4 heteroatoms. The van der Waals surface area contributed by atoms with Gasteiger partial charge >= 0.3 is 0 Å². The Hall–Kier alpha value is -1.84. The fourth-order valence-corrected chi connectivity index (χ4v) is 6.47. The molecule has 0 aromatic heterocycles. The van der Waals surface area contributed by atoms with E-state index in [1.54, 1.807) is 0 Å². The van der Waals surface area contributed by atoms with Crippen LogP contribution in [0.3, 0.4) is 0 Å². The molecule has 2 aliphatic heterocycles. The quantitative estimate of drug-likeness (QED) is 0.496. The van der Waals surface area contributed by atoms with Gasteiger partial charge in [0.1, 0.15) is 0 Å². The maximum atomic E-state index is 13.6. The summed E-state index contributed by atoms with van der Waals surface area (Å²) >= 11 is 6.07. The first-order chi connectivity index (χ1) is 16.2. The summed E-state index contributed by atoms with van der Waals surface area (Å²) in [4.78, 5) is 18.4. The highest BCUT2D eigenvalue weighted by atomic mass is 35.5. The van der Waals surface area contributed by atoms with Crippen molar-refractivity contribution < 1.29 is 4.79 Å². The minimum atomic E-state index is 0.235. The van der Waals surface area contributed by atoms with E-state index < -0.39 is 0 Å². The second-order valence-corrected chi connectivity index (χ2v) is 10.7. The van der Waals surface area contributed by atoms with Crippen LogP contribution in [0.1, 0.15) is 80.0 Å². The molecule has 3 nitrogen and oxygen atoms in total. The van der Waals surface area contributed by atoms with Crippen LogP contribution < -0.4 is 0 Å². The van der Waals surface area contributed by atoms with E-state index in [0.717, 1.165) is 56.9 Å². The molecule has 0 radical (unpaired) electrons. The average molecular weight is 465 g/mol. The van der Waals surface area contributed by atoms with Gasteiger partial charge in [-0.05, 0) is 86.4 Å². The first-order valence-corrected chi connectivity index (χ1v) is 13.4. The summed E-state index contributed by atoms with van der Waals surface area (Å²) in [5, 5.41) is 0.816. The third-order valence-corrected chi connectivity index (χ3v) is 8.55. The third-order valence-electron chi connectivity index (χ3n) is 8.30. The first kappa shape index (κ1) is 22.9. The fraction of sp³-hybridized carbons (Fsp3) is 0.552. The van der Waals surface area contributed by atoms with Gasteiger partial charge in [0.25, 0.3) is 0 Å². The molecule has 2 aromatic rings. The fourth-order valence-electron chi connectivity index (χ4n) is 6.34. The molecule has 0 spiro atoms. The van der Waals surface area contributed by atoms with Crippen LogP contribution in [0, 0.1) is 5.92 Å². The molecule has 2 heterocycles. The van der Waals surface area contributed by atoms with Gasteiger partial charge in [-0.3, -0.25) is 4.79 Å². The van der Waals surface area contributed by atoms with E-state index in [9.17, 15) is 4.79 Å². The minimum absolute atomic E-state index is 0.235. The van der Waals surface area contributed by atoms with Gasteiger partial charge in [-0.2, -0.15) is 0 Å². The maximum Gasteiger partial charge on any atom is 0.226 e. The summed E-state index contributed by atoms with van der Waals surface area (Å²) in [6.45, 7) is 4.23. The smallest absolute Gasteiger partial charge is 0.226 e. The highest BCUT2D eigenvalue weighted by Crippen LogP contribution is 2.36. The summed E-state index contributed by atoms with van der Waals surface area (Å²) in [5.74, 6) is 1.32. The van der Waals surface area contributed by atoms with Gasteiger partial charge in [0.2, 0.25) is 5.91 Å². The molecule has 1 saturated carbocycles. The maximum absolute atomic E-state index is 13.6. The molecule has 1 atom stereocenters. The number of benzene rings is 2. The Balaban J connectivity index is 1.23. The number of rotatable bonds is 5. The normalized spacial score (nSPS) is 22.8. The molecule has 1 unspecified atom stereocenters. The Morgan fingerprint density at radius 3 is 2.36 bits per heavy atom. The number of fused-ring (bicyclic) bond motifs is 1. The van der Waals surface area contributed by atoms with Crippen molar-refractivity contribution in [2.24, 2.45) is 5.92 Å². The van der Waals surface area contributed by atoms with E-state index in [0.29, 0.717) is 11.8 Å². The zero-order valence-electron chi connectivity index (χ0n) is 19.7. The number of nitrogens with zero attached hydrogens (tertiary/aromatic N) is 2. The van der Waals surface area contributed by atoms with Crippen molar-refractivity contribution in [2.75, 3.05) is 26.2 Å². The van der Waals surface area contributed by atoms with Crippen molar-refractivity contribution in [1.29, 1.82) is 0 Å². The number of carbonyl (C=O) groups is 1. The lowest BCUT2D eigenvalue weighted by molar-refractivity contribution is -0.139. The van der Waals surface area contributed by atoms with E-state index in [1.165, 1.54) is 48.8 Å². The molecule has 1 amide bonds. The summed E-state index contributed by atoms with van der Waals surface area (Å²) in [5.41, 5.74) is 4.25. The van der Waals surface area contributed by atoms with Crippen LogP contribution in [0.25, 0.3) is 0 Å². The lowest BCUT2D eigenvalue weighted by atomic mass is 9.85. The van der Waals surface area contributed by atoms with Crippen LogP contribution in [0.2, 0.25) is 5.02 Å². The van der Waals surface area contributed by atoms with Crippen molar-refractivity contribution >= 4 is 17.5 Å². The minimum Gasteiger partial charge on any atom is -0.335 e. The van der Waals surface area contributed by atoms with Crippen LogP contribution >= 0.6 is 11.6 Å². The second kappa shape index (κ2) is 10.6. The van der Waals surface area contributed by atoms with Crippen LogP contribution in [-0.4, -0.2) is 41.9 Å². The van der Waals surface area contributed by atoms with E-state index in [1.807, 2.05) is 12.1 Å². The summed E-state index contributed by atoms with van der Waals surface area (Å²) in [6, 6.07) is 17.5. The molecule has 2 fully saturated rings. The molecule has 1 aliphatic carbocycles. The summed E-state index contributed by atoms with van der Waals surface area (Å²) in [7, 11) is 0. The number of hydrogen-bond donors (Lipinski definition) is 0. The second-order valence-electron chi connectivity index (χ2n) is 10.3. The summed E-state index contributed by atoms with van der Waals surface area (Å²) < 4.78 is 0. The molecule has 33 heavy (non-hydrogen) atoms. The largest absolute Gasteiger partial charge is 0.335 e. The topological polar surface area (TPSA) is 23.6 Å². The molecule has 2 aromatic carbocycles. The van der Waals surface area contributed by atoms with Crippen molar-refractivity contribution in [3.05, 3.63) is 70.2 Å². The van der Waals surface area contributed by atoms with Crippen molar-refractivity contribution in [3.8, 4) is 0 Å². The number of carbonyl (C=O) groups excluding carboxylic acids is 1. The number of hydrogen-bond acceptors (Lipinski definition) is 2. The van der Waals surface area contributed by atoms with Crippen LogP contribution in [0.4, 0.5) is 0 Å². The van der Waals surface area contributed by atoms with E-state index >= 15 is 0 Å². The predicted molar refractivity (Wildman–Crippen MR) is 136 cm³/mol. The molecular formula is C29H37ClN2O. The van der Waals surface area contributed by atoms with Crippen LogP contribution in [0.15, 0.2) is 48.5 Å². The molecule has 176 valence electrons. The van der Waals surface area contributed by atoms with Crippen molar-refractivity contribution in [3.63, 3.8) is 0 Å². The van der Waals surface area contributed by atoms with Gasteiger partial charge in [-0.1, -0.05) is 67.3 Å². The monoisotopic (exact) mass is 464 g/mol. The SMILES string of the molecule is O=C(C1CCCCC1)N1CCc2ccccc2C1CCN1CCC(c2ccc(Cl)cc2)CC1. The van der Waals surface area contributed by atoms with Gasteiger partial charge in [-0.25, -0.2) is 0 Å². The van der Waals surface area contributed by atoms with Crippen molar-refractivity contribution in [2.45, 2.75) is 69.7 Å². The van der Waals surface area contributed by atoms with E-state index in [2.05, 4.69) is 46.2 Å². The molecule has 0 N–H and O–H groups in total. The predicted octanol–water partition coefficient (Wildman–Crippen LogP) is 6.62. The van der Waals surface area contributed by atoms with Gasteiger partial charge in [0.05, 0.1) is 6.04 Å². The van der Waals surface area contributed by atoms with Crippen LogP contribution in [-0.2, 0) is 11.2 Å². The Bertz CT molecular complexity index is 929. The molecule has 5 rings (SSSR count). The van der Waals surface area contributed by atoms with Gasteiger partial charge in [-0.15, -0.1) is 0 Å². The number of amides is 1. The first-order valence-electron chi connectivity index (χ1n) is 13.0. The Labute approximate surface area is 204 Å². The zero-order chi connectivity index (χ0) is 22.6. The Kier molecular flexibility index (Phi) is 7.37. The lowest BCUT2D eigenvalue weighted by Crippen LogP contribution is -2.45. The van der Waals surface area contributed by atoms with Gasteiger partial charge in [0.15, 0.2) is 0 Å². The summed E-state index contributed by atoms with van der Waals surface area (Å²) in [6.07, 6.45) is 10.3. The zero-order valence-corrected chi connectivity index (χ0v) is 20.5. The average Bonchev–Trinajstić information content (AvgIpc) is 2.88. The van der Waals surface area contributed by atoms with E-state index in [4.69, 9.17) is 11.6 Å². The Morgan fingerprint density at radius 1 is 0.879 bits per heavy atom. The molecule has 0 bridgehead atoms. The van der Waals surface area contributed by atoms with Gasteiger partial charge in [0, 0.05) is 24.0 Å². The standard InChI is InChI=1S/C29H37ClN2O/c30-26-12-10-22(11-13-26)23-14-18-31(19-15-23)20-17-28-27-9-5-4-6-24(27)16-21-32(28)29(33)25-7-2-1-3-8-25/h4-6,9-13,23,25,28H,1-3,7-8,14-21H2. The molecule has 1 saturated heterocycles. The number of likely N-dealkylation sites (tertiary alicyclic amines) is 1. The number of halogens is 1. The lowest BCUT2D eigenvalue weighted by Gasteiger charge is -2.41. The molecule has 3 aliphatic rings. The van der Waals surface area contributed by atoms with Crippen LogP contribution in [0.5, 0.6) is 0 Å². The van der Waals surface area contributed by atoms with Crippen molar-refractivity contribution in [1.82, 2.24) is 9.80 Å².